The summed E-state index contributed by atoms with van der Waals surface area (Å²) in [5, 5.41) is 3.46. The Morgan fingerprint density at radius 3 is 2.52 bits per heavy atom. The lowest BCUT2D eigenvalue weighted by molar-refractivity contribution is 0.0756. The van der Waals surface area contributed by atoms with Crippen LogP contribution in [0.15, 0.2) is 23.4 Å². The van der Waals surface area contributed by atoms with Crippen molar-refractivity contribution >= 4 is 57.7 Å². The molecule has 0 aliphatic carbocycles. The lowest BCUT2D eigenvalue weighted by atomic mass is 10.1. The maximum atomic E-state index is 14.4. The number of carbonyl (C=O) groups excluding carboxylic acids is 2. The van der Waals surface area contributed by atoms with Gasteiger partial charge in [0.1, 0.15) is 20.9 Å². The van der Waals surface area contributed by atoms with Crippen molar-refractivity contribution in [3.05, 3.63) is 38.8 Å². The van der Waals surface area contributed by atoms with Crippen LogP contribution in [0.2, 0.25) is 0 Å². The molecule has 1 aliphatic heterocycles. The fourth-order valence-electron chi connectivity index (χ4n) is 3.16. The minimum absolute atomic E-state index is 0.00799. The number of carbonyl (C=O) groups is 2. The summed E-state index contributed by atoms with van der Waals surface area (Å²) in [6.07, 6.45) is 5.81. The molecule has 0 unspecified atom stereocenters. The first-order chi connectivity index (χ1) is 13.9. The molecule has 2 heterocycles. The van der Waals surface area contributed by atoms with Crippen molar-refractivity contribution in [3.63, 3.8) is 0 Å². The van der Waals surface area contributed by atoms with Crippen LogP contribution in [0.1, 0.15) is 46.4 Å². The largest absolute Gasteiger partial charge is 0.365 e. The Hall–Kier alpha value is -1.95. The molecule has 0 bridgehead atoms. The van der Waals surface area contributed by atoms with E-state index in [0.29, 0.717) is 27.6 Å². The van der Waals surface area contributed by atoms with Crippen molar-refractivity contribution in [2.45, 2.75) is 30.8 Å². The van der Waals surface area contributed by atoms with Crippen LogP contribution in [0.4, 0.5) is 15.9 Å². The third-order valence-corrected chi connectivity index (χ3v) is 5.95. The highest BCUT2D eigenvalue weighted by molar-refractivity contribution is 14.1. The van der Waals surface area contributed by atoms with Gasteiger partial charge in [0.2, 0.25) is 0 Å². The number of thioether (sulfide) groups is 1. The maximum Gasteiger partial charge on any atom is 0.256 e. The fraction of sp³-hybridized carbons (Fsp3) is 0.368. The summed E-state index contributed by atoms with van der Waals surface area (Å²) in [5.41, 5.74) is 6.06. The number of aromatic nitrogens is 2. The average molecular weight is 529 g/mol. The number of benzene rings is 1. The molecule has 10 heteroatoms. The fourth-order valence-corrected chi connectivity index (χ4v) is 4.44. The minimum atomic E-state index is -0.674. The van der Waals surface area contributed by atoms with Crippen LogP contribution in [0.5, 0.6) is 0 Å². The quantitative estimate of drug-likeness (QED) is 0.265. The number of anilines is 2. The van der Waals surface area contributed by atoms with Gasteiger partial charge in [0.25, 0.3) is 11.8 Å². The molecule has 3 rings (SSSR count). The smallest absolute Gasteiger partial charge is 0.256 e. The van der Waals surface area contributed by atoms with Gasteiger partial charge in [0, 0.05) is 18.8 Å². The standard InChI is InChI=1S/C19H21FIN5O2S/c1-29-19-24-15(21)14(16(22)27)17(25-19)23-11-6-7-13(20)12(10-11)18(28)26-8-4-2-3-5-9-26/h6-7,10H,2-5,8-9H2,1H3,(H2,22,27)(H,23,24,25). The number of halogens is 2. The zero-order chi connectivity index (χ0) is 21.0. The van der Waals surface area contributed by atoms with E-state index in [1.54, 1.807) is 4.90 Å². The molecule has 154 valence electrons. The molecule has 2 aromatic rings. The number of primary amides is 1. The summed E-state index contributed by atoms with van der Waals surface area (Å²) in [7, 11) is 0. The van der Waals surface area contributed by atoms with E-state index in [1.165, 1.54) is 30.0 Å². The number of likely N-dealkylation sites (tertiary alicyclic amines) is 1. The van der Waals surface area contributed by atoms with Gasteiger partial charge in [-0.15, -0.1) is 0 Å². The molecule has 0 radical (unpaired) electrons. The highest BCUT2D eigenvalue weighted by Gasteiger charge is 2.22. The number of hydrogen-bond acceptors (Lipinski definition) is 6. The first kappa shape index (κ1) is 21.8. The van der Waals surface area contributed by atoms with Gasteiger partial charge in [-0.1, -0.05) is 24.6 Å². The molecule has 3 N–H and O–H groups in total. The van der Waals surface area contributed by atoms with E-state index >= 15 is 0 Å². The normalized spacial score (nSPS) is 14.4. The summed E-state index contributed by atoms with van der Waals surface area (Å²) >= 11 is 3.24. The van der Waals surface area contributed by atoms with E-state index in [4.69, 9.17) is 5.73 Å². The summed E-state index contributed by atoms with van der Waals surface area (Å²) in [5.74, 6) is -1.36. The van der Waals surface area contributed by atoms with E-state index in [0.717, 1.165) is 25.7 Å². The Bertz CT molecular complexity index is 935. The van der Waals surface area contributed by atoms with Gasteiger partial charge in [-0.25, -0.2) is 14.4 Å². The monoisotopic (exact) mass is 529 g/mol. The van der Waals surface area contributed by atoms with E-state index in [9.17, 15) is 14.0 Å². The Morgan fingerprint density at radius 2 is 1.90 bits per heavy atom. The van der Waals surface area contributed by atoms with Crippen LogP contribution in [0, 0.1) is 9.52 Å². The molecule has 1 aliphatic rings. The summed E-state index contributed by atoms with van der Waals surface area (Å²) in [6.45, 7) is 1.26. The second-order valence-electron chi connectivity index (χ2n) is 6.62. The third-order valence-electron chi connectivity index (χ3n) is 4.63. The minimum Gasteiger partial charge on any atom is -0.365 e. The van der Waals surface area contributed by atoms with Crippen molar-refractivity contribution in [1.29, 1.82) is 0 Å². The number of nitrogens with two attached hydrogens (primary N) is 1. The van der Waals surface area contributed by atoms with Crippen molar-refractivity contribution in [3.8, 4) is 0 Å². The molecule has 1 aromatic heterocycles. The first-order valence-electron chi connectivity index (χ1n) is 9.18. The number of rotatable bonds is 5. The van der Waals surface area contributed by atoms with Gasteiger partial charge in [-0.05, 0) is 59.9 Å². The summed E-state index contributed by atoms with van der Waals surface area (Å²) in [6, 6.07) is 4.17. The van der Waals surface area contributed by atoms with Gasteiger partial charge in [0.05, 0.1) is 5.56 Å². The highest BCUT2D eigenvalue weighted by Crippen LogP contribution is 2.26. The SMILES string of the molecule is CSc1nc(I)c(C(N)=O)c(Nc2ccc(F)c(C(=O)N3CCCCCC3)c2)n1. The lowest BCUT2D eigenvalue weighted by Gasteiger charge is -2.21. The zero-order valence-electron chi connectivity index (χ0n) is 15.9. The van der Waals surface area contributed by atoms with Gasteiger partial charge in [-0.2, -0.15) is 0 Å². The van der Waals surface area contributed by atoms with E-state index < -0.39 is 11.7 Å². The Morgan fingerprint density at radius 1 is 1.21 bits per heavy atom. The second kappa shape index (κ2) is 9.70. The second-order valence-corrected chi connectivity index (χ2v) is 8.41. The average Bonchev–Trinajstić information content (AvgIpc) is 2.97. The molecular formula is C19H21FIN5O2S. The number of nitrogens with zero attached hydrogens (tertiary/aromatic N) is 3. The van der Waals surface area contributed by atoms with Crippen LogP contribution in [-0.2, 0) is 0 Å². The van der Waals surface area contributed by atoms with Crippen molar-refractivity contribution in [2.75, 3.05) is 24.7 Å². The van der Waals surface area contributed by atoms with Crippen LogP contribution in [0.25, 0.3) is 0 Å². The van der Waals surface area contributed by atoms with Crippen LogP contribution in [0.3, 0.4) is 0 Å². The Balaban J connectivity index is 1.93. The van der Waals surface area contributed by atoms with Crippen LogP contribution >= 0.6 is 34.4 Å². The van der Waals surface area contributed by atoms with Crippen molar-refractivity contribution in [1.82, 2.24) is 14.9 Å². The number of nitrogens with one attached hydrogen (secondary N) is 1. The Kier molecular flexibility index (Phi) is 7.28. The zero-order valence-corrected chi connectivity index (χ0v) is 18.8. The molecule has 1 saturated heterocycles. The predicted octanol–water partition coefficient (Wildman–Crippen LogP) is 3.80. The van der Waals surface area contributed by atoms with Gasteiger partial charge in [-0.3, -0.25) is 9.59 Å². The highest BCUT2D eigenvalue weighted by atomic mass is 127. The van der Waals surface area contributed by atoms with E-state index in [-0.39, 0.29) is 22.9 Å². The molecule has 0 saturated carbocycles. The third kappa shape index (κ3) is 5.16. The summed E-state index contributed by atoms with van der Waals surface area (Å²) in [4.78, 5) is 35.0. The van der Waals surface area contributed by atoms with Crippen molar-refractivity contribution < 1.29 is 14.0 Å². The predicted molar refractivity (Wildman–Crippen MR) is 119 cm³/mol. The molecule has 29 heavy (non-hydrogen) atoms. The Labute approximate surface area is 186 Å². The van der Waals surface area contributed by atoms with Crippen LogP contribution in [-0.4, -0.2) is 46.0 Å². The molecule has 0 spiro atoms. The lowest BCUT2D eigenvalue weighted by Crippen LogP contribution is -2.32. The topological polar surface area (TPSA) is 101 Å². The van der Waals surface area contributed by atoms with E-state index in [2.05, 4.69) is 15.3 Å². The maximum absolute atomic E-state index is 14.4. The van der Waals surface area contributed by atoms with Gasteiger partial charge in [0.15, 0.2) is 5.16 Å². The molecule has 1 aromatic carbocycles. The van der Waals surface area contributed by atoms with Gasteiger partial charge >= 0.3 is 0 Å². The number of hydrogen-bond donors (Lipinski definition) is 2. The molecule has 7 nitrogen and oxygen atoms in total. The van der Waals surface area contributed by atoms with Crippen molar-refractivity contribution in [2.24, 2.45) is 5.73 Å². The summed E-state index contributed by atoms with van der Waals surface area (Å²) < 4.78 is 14.8. The molecule has 1 fully saturated rings. The molecular weight excluding hydrogens is 508 g/mol. The van der Waals surface area contributed by atoms with E-state index in [1.807, 2.05) is 28.8 Å². The first-order valence-corrected chi connectivity index (χ1v) is 11.5. The number of amides is 2. The van der Waals surface area contributed by atoms with Crippen LogP contribution < -0.4 is 11.1 Å². The molecule has 0 atom stereocenters. The van der Waals surface area contributed by atoms with Gasteiger partial charge < -0.3 is 16.0 Å². The molecule has 2 amide bonds.